The average Bonchev–Trinajstić information content (AvgIpc) is 3.02. The van der Waals surface area contributed by atoms with E-state index in [1.54, 1.807) is 0 Å². The Morgan fingerprint density at radius 2 is 0.800 bits per heavy atom. The van der Waals surface area contributed by atoms with Crippen molar-refractivity contribution in [1.82, 2.24) is 0 Å². The van der Waals surface area contributed by atoms with Crippen molar-refractivity contribution in [2.75, 3.05) is 0 Å². The van der Waals surface area contributed by atoms with Crippen LogP contribution in [0.1, 0.15) is 61.2 Å². The van der Waals surface area contributed by atoms with Crippen LogP contribution in [0.15, 0.2) is 30.3 Å². The summed E-state index contributed by atoms with van der Waals surface area (Å²) in [5.74, 6) is 0. The van der Waals surface area contributed by atoms with Crippen molar-refractivity contribution in [3.63, 3.8) is 0 Å². The van der Waals surface area contributed by atoms with Crippen LogP contribution in [0.2, 0.25) is 0 Å². The Morgan fingerprint density at radius 1 is 0.420 bits per heavy atom. The number of rotatable bonds is 2. The van der Waals surface area contributed by atoms with Crippen molar-refractivity contribution in [1.29, 1.82) is 36.8 Å². The third-order valence-electron chi connectivity index (χ3n) is 6.72. The highest BCUT2D eigenvalue weighted by atomic mass is 19.4. The number of alkyl halides is 12. The van der Waals surface area contributed by atoms with Gasteiger partial charge in [-0.25, -0.2) is 0 Å². The molecule has 0 amide bonds. The van der Waals surface area contributed by atoms with Crippen molar-refractivity contribution in [3.8, 4) is 42.5 Å². The van der Waals surface area contributed by atoms with Crippen LogP contribution in [0, 0.1) is 79.3 Å². The normalized spacial score (nSPS) is 12.9. The molecule has 0 radical (unpaired) electrons. The fraction of sp³-hybridized carbons (Fsp3) is 0.129. The molecule has 0 saturated carbocycles. The van der Waals surface area contributed by atoms with Gasteiger partial charge in [0.25, 0.3) is 0 Å². The van der Waals surface area contributed by atoms with E-state index in [-0.39, 0.29) is 12.1 Å². The fourth-order valence-electron chi connectivity index (χ4n) is 4.67. The Labute approximate surface area is 270 Å². The van der Waals surface area contributed by atoms with E-state index in [0.29, 0.717) is 6.07 Å². The molecule has 0 aliphatic carbocycles. The maximum Gasteiger partial charge on any atom is 0.417 e. The molecule has 0 heterocycles. The molecule has 7 nitrogen and oxygen atoms in total. The number of benzene rings is 3. The van der Waals surface area contributed by atoms with Gasteiger partial charge in [0, 0.05) is 21.6 Å². The number of hydrogen-bond acceptors (Lipinski definition) is 7. The molecule has 0 fully saturated rings. The molecular weight excluding hydrogens is 698 g/mol. The Morgan fingerprint density at radius 3 is 1.10 bits per heavy atom. The van der Waals surface area contributed by atoms with Crippen LogP contribution in [0.5, 0.6) is 0 Å². The first-order valence-corrected chi connectivity index (χ1v) is 12.5. The van der Waals surface area contributed by atoms with Crippen molar-refractivity contribution in [2.45, 2.75) is 24.7 Å². The molecule has 19 heteroatoms. The maximum atomic E-state index is 13.8. The lowest BCUT2D eigenvalue weighted by molar-refractivity contribution is -0.144. The molecule has 0 aromatic heterocycles. The van der Waals surface area contributed by atoms with Crippen LogP contribution >= 0.6 is 0 Å². The van der Waals surface area contributed by atoms with Gasteiger partial charge in [0.2, 0.25) is 0 Å². The monoisotopic (exact) mass is 703 g/mol. The summed E-state index contributed by atoms with van der Waals surface area (Å²) in [6.45, 7) is 0. The summed E-state index contributed by atoms with van der Waals surface area (Å²) in [5, 5.41) is 66.5. The minimum Gasteiger partial charge on any atom is -0.192 e. The van der Waals surface area contributed by atoms with Gasteiger partial charge in [-0.3, -0.25) is 0 Å². The quantitative estimate of drug-likeness (QED) is 0.272. The predicted molar refractivity (Wildman–Crippen MR) is 138 cm³/mol. The van der Waals surface area contributed by atoms with E-state index >= 15 is 0 Å². The summed E-state index contributed by atoms with van der Waals surface area (Å²) >= 11 is 0. The van der Waals surface area contributed by atoms with Crippen LogP contribution in [0.3, 0.4) is 0 Å². The molecule has 0 spiro atoms. The van der Waals surface area contributed by atoms with Gasteiger partial charge in [-0.05, 0) is 30.3 Å². The van der Waals surface area contributed by atoms with Gasteiger partial charge < -0.3 is 0 Å². The smallest absolute Gasteiger partial charge is 0.192 e. The molecule has 3 rings (SSSR count). The Balaban J connectivity index is 2.85. The number of nitrogens with zero attached hydrogens (tertiary/aromatic N) is 7. The zero-order chi connectivity index (χ0) is 38.1. The molecule has 0 aliphatic heterocycles. The molecule has 0 saturated heterocycles. The summed E-state index contributed by atoms with van der Waals surface area (Å²) < 4.78 is 165. The van der Waals surface area contributed by atoms with Crippen molar-refractivity contribution < 1.29 is 52.7 Å². The first-order valence-electron chi connectivity index (χ1n) is 12.5. The SMILES string of the molecule is N#C/C(c1cc(C(F)(F)F)cc(C(F)(F)F)c1C#N)=c1/c(C#N)c/c(=C(\C#N)c2cc(C(F)(F)F)cc(C(F)(F)F)c2C#N)c(C#N)c1C#N. The molecule has 248 valence electrons. The third kappa shape index (κ3) is 6.69. The summed E-state index contributed by atoms with van der Waals surface area (Å²) in [4.78, 5) is 0. The van der Waals surface area contributed by atoms with E-state index < -0.39 is 120 Å². The van der Waals surface area contributed by atoms with Gasteiger partial charge in [0.15, 0.2) is 0 Å². The van der Waals surface area contributed by atoms with Crippen LogP contribution in [-0.2, 0) is 24.7 Å². The highest BCUT2D eigenvalue weighted by Crippen LogP contribution is 2.41. The minimum absolute atomic E-state index is 0.0766. The Bertz CT molecular complexity index is 2400. The number of halogens is 12. The summed E-state index contributed by atoms with van der Waals surface area (Å²) in [5.41, 5.74) is -20.9. The lowest BCUT2D eigenvalue weighted by Gasteiger charge is -2.17. The second kappa shape index (κ2) is 12.9. The Kier molecular flexibility index (Phi) is 9.65. The molecular formula is C31H5F12N7. The molecule has 3 aromatic rings. The first-order chi connectivity index (χ1) is 23.0. The fourth-order valence-corrected chi connectivity index (χ4v) is 4.67. The Hall–Kier alpha value is -7.01. The second-order valence-electron chi connectivity index (χ2n) is 9.51. The van der Waals surface area contributed by atoms with E-state index in [1.807, 2.05) is 0 Å². The first kappa shape index (κ1) is 37.4. The van der Waals surface area contributed by atoms with E-state index in [9.17, 15) is 89.5 Å². The molecule has 0 unspecified atom stereocenters. The van der Waals surface area contributed by atoms with Gasteiger partial charge in [-0.2, -0.15) is 89.5 Å². The van der Waals surface area contributed by atoms with Gasteiger partial charge in [0.1, 0.15) is 36.4 Å². The lowest BCUT2D eigenvalue weighted by Crippen LogP contribution is -2.27. The summed E-state index contributed by atoms with van der Waals surface area (Å²) in [6, 6.07) is 7.46. The molecule has 50 heavy (non-hydrogen) atoms. The number of nitriles is 7. The van der Waals surface area contributed by atoms with E-state index in [1.165, 1.54) is 30.3 Å². The summed E-state index contributed by atoms with van der Waals surface area (Å²) in [6.07, 6.45) is -22.4. The lowest BCUT2D eigenvalue weighted by atomic mass is 9.87. The zero-order valence-electron chi connectivity index (χ0n) is 23.6. The van der Waals surface area contributed by atoms with Crippen LogP contribution in [0.4, 0.5) is 52.7 Å². The van der Waals surface area contributed by atoms with Gasteiger partial charge in [0.05, 0.1) is 67.3 Å². The molecule has 0 atom stereocenters. The van der Waals surface area contributed by atoms with Crippen molar-refractivity contribution in [3.05, 3.63) is 102 Å². The largest absolute Gasteiger partial charge is 0.417 e. The van der Waals surface area contributed by atoms with Gasteiger partial charge >= 0.3 is 24.7 Å². The second-order valence-corrected chi connectivity index (χ2v) is 9.51. The van der Waals surface area contributed by atoms with Crippen molar-refractivity contribution in [2.24, 2.45) is 0 Å². The standard InChI is InChI=1S/C31H5F12N7/c32-28(33,34)14-2-17(21(9-47)25(4-14)30(38,39)40)19(7-45)16-1-13(6-44)27(24(12-50)20(16)8-46)23(11-49)18-3-15(29(35,36)37)5-26(22(18)10-48)31(41,42)43/h1-5H/b19-16-,27-23+. The zero-order valence-corrected chi connectivity index (χ0v) is 23.6. The predicted octanol–water partition coefficient (Wildman–Crippen LogP) is 6.57. The van der Waals surface area contributed by atoms with E-state index in [4.69, 9.17) is 0 Å². The highest BCUT2D eigenvalue weighted by molar-refractivity contribution is 5.86. The molecule has 0 aliphatic rings. The maximum absolute atomic E-state index is 13.8. The third-order valence-corrected chi connectivity index (χ3v) is 6.72. The molecule has 0 N–H and O–H groups in total. The molecule has 0 bridgehead atoms. The summed E-state index contributed by atoms with van der Waals surface area (Å²) in [7, 11) is 0. The van der Waals surface area contributed by atoms with Crippen LogP contribution < -0.4 is 10.4 Å². The molecule has 3 aromatic carbocycles. The number of hydrogen-bond donors (Lipinski definition) is 0. The topological polar surface area (TPSA) is 167 Å². The van der Waals surface area contributed by atoms with Crippen LogP contribution in [-0.4, -0.2) is 0 Å². The van der Waals surface area contributed by atoms with E-state index in [2.05, 4.69) is 0 Å². The van der Waals surface area contributed by atoms with Crippen molar-refractivity contribution >= 4 is 11.1 Å². The van der Waals surface area contributed by atoms with Gasteiger partial charge in [-0.15, -0.1) is 0 Å². The average molecular weight is 703 g/mol. The highest BCUT2D eigenvalue weighted by Gasteiger charge is 2.42. The van der Waals surface area contributed by atoms with E-state index in [0.717, 1.165) is 12.1 Å². The van der Waals surface area contributed by atoms with Crippen LogP contribution in [0.25, 0.3) is 11.1 Å². The van der Waals surface area contributed by atoms with Gasteiger partial charge in [-0.1, -0.05) is 0 Å². The minimum atomic E-state index is -5.66.